The first-order valence-corrected chi connectivity index (χ1v) is 8.55. The number of carbonyl (C=O) groups excluding carboxylic acids is 1. The van der Waals surface area contributed by atoms with Crippen LogP contribution < -0.4 is 5.32 Å². The standard InChI is InChI=1S/C18H15N5O.C2H6/c1-23-16(9-10-19-23)18(24)20-13-7-8-14-15(11-13)22-17(21-14)12-5-3-2-4-6-12;1-2/h2-11H,1H3,(H,20,24)(H,21,22);1-2H3. The smallest absolute Gasteiger partial charge is 0.273 e. The van der Waals surface area contributed by atoms with Crippen molar-refractivity contribution in [3.8, 4) is 11.4 Å². The zero-order valence-electron chi connectivity index (χ0n) is 15.0. The minimum Gasteiger partial charge on any atom is -0.338 e. The van der Waals surface area contributed by atoms with Crippen LogP contribution in [0.1, 0.15) is 24.3 Å². The van der Waals surface area contributed by atoms with Crippen molar-refractivity contribution in [3.05, 3.63) is 66.5 Å². The number of amides is 1. The van der Waals surface area contributed by atoms with Crippen LogP contribution in [0.25, 0.3) is 22.4 Å². The van der Waals surface area contributed by atoms with Crippen molar-refractivity contribution in [1.29, 1.82) is 0 Å². The Kier molecular flexibility index (Phi) is 5.12. The SMILES string of the molecule is CC.Cn1nccc1C(=O)Nc1ccc2nc(-c3ccccc3)[nH]c2c1. The zero-order chi connectivity index (χ0) is 18.5. The number of rotatable bonds is 3. The second-order valence-electron chi connectivity index (χ2n) is 5.48. The summed E-state index contributed by atoms with van der Waals surface area (Å²) in [4.78, 5) is 20.1. The summed E-state index contributed by atoms with van der Waals surface area (Å²) in [5.74, 6) is 0.609. The molecule has 0 spiro atoms. The molecule has 2 aromatic heterocycles. The summed E-state index contributed by atoms with van der Waals surface area (Å²) in [5.41, 5.74) is 3.96. The topological polar surface area (TPSA) is 75.6 Å². The Hall–Kier alpha value is -3.41. The normalized spacial score (nSPS) is 10.3. The lowest BCUT2D eigenvalue weighted by atomic mass is 10.2. The maximum atomic E-state index is 12.3. The van der Waals surface area contributed by atoms with E-state index >= 15 is 0 Å². The molecule has 6 nitrogen and oxygen atoms in total. The number of anilines is 1. The first kappa shape index (κ1) is 17.4. The summed E-state index contributed by atoms with van der Waals surface area (Å²) in [6, 6.07) is 17.2. The molecule has 6 heteroatoms. The first-order chi connectivity index (χ1) is 12.7. The summed E-state index contributed by atoms with van der Waals surface area (Å²) >= 11 is 0. The number of nitrogens with zero attached hydrogens (tertiary/aromatic N) is 3. The quantitative estimate of drug-likeness (QED) is 0.582. The summed E-state index contributed by atoms with van der Waals surface area (Å²) in [6.45, 7) is 4.00. The van der Waals surface area contributed by atoms with Crippen molar-refractivity contribution in [2.24, 2.45) is 7.05 Å². The third-order valence-corrected chi connectivity index (χ3v) is 3.84. The highest BCUT2D eigenvalue weighted by atomic mass is 16.2. The van der Waals surface area contributed by atoms with Gasteiger partial charge in [-0.2, -0.15) is 5.10 Å². The van der Waals surface area contributed by atoms with Crippen LogP contribution in [0, 0.1) is 0 Å². The largest absolute Gasteiger partial charge is 0.338 e. The van der Waals surface area contributed by atoms with E-state index in [-0.39, 0.29) is 5.91 Å². The van der Waals surface area contributed by atoms with E-state index in [4.69, 9.17) is 0 Å². The van der Waals surface area contributed by atoms with Crippen molar-refractivity contribution in [3.63, 3.8) is 0 Å². The fourth-order valence-corrected chi connectivity index (χ4v) is 2.61. The van der Waals surface area contributed by atoms with Gasteiger partial charge in [-0.25, -0.2) is 4.98 Å². The third-order valence-electron chi connectivity index (χ3n) is 3.84. The van der Waals surface area contributed by atoms with E-state index in [0.717, 1.165) is 22.4 Å². The lowest BCUT2D eigenvalue weighted by Gasteiger charge is -2.05. The molecule has 26 heavy (non-hydrogen) atoms. The van der Waals surface area contributed by atoms with Crippen molar-refractivity contribution in [1.82, 2.24) is 19.7 Å². The number of aryl methyl sites for hydroxylation is 1. The van der Waals surface area contributed by atoms with Crippen LogP contribution in [-0.4, -0.2) is 25.7 Å². The van der Waals surface area contributed by atoms with Gasteiger partial charge in [0, 0.05) is 24.5 Å². The number of H-pyrrole nitrogens is 1. The molecule has 0 radical (unpaired) electrons. The summed E-state index contributed by atoms with van der Waals surface area (Å²) in [6.07, 6.45) is 1.60. The molecular weight excluding hydrogens is 326 g/mol. The van der Waals surface area contributed by atoms with Crippen molar-refractivity contribution >= 4 is 22.6 Å². The van der Waals surface area contributed by atoms with E-state index in [1.54, 1.807) is 19.3 Å². The van der Waals surface area contributed by atoms with E-state index in [1.165, 1.54) is 4.68 Å². The molecule has 132 valence electrons. The van der Waals surface area contributed by atoms with Crippen LogP contribution >= 0.6 is 0 Å². The highest BCUT2D eigenvalue weighted by molar-refractivity contribution is 6.03. The van der Waals surface area contributed by atoms with E-state index in [2.05, 4.69) is 20.4 Å². The Labute approximate surface area is 151 Å². The van der Waals surface area contributed by atoms with Gasteiger partial charge in [-0.3, -0.25) is 9.48 Å². The van der Waals surface area contributed by atoms with Crippen LogP contribution in [0.2, 0.25) is 0 Å². The van der Waals surface area contributed by atoms with E-state index in [0.29, 0.717) is 11.4 Å². The van der Waals surface area contributed by atoms with Crippen LogP contribution in [0.3, 0.4) is 0 Å². The van der Waals surface area contributed by atoms with Gasteiger partial charge >= 0.3 is 0 Å². The van der Waals surface area contributed by atoms with Crippen LogP contribution in [0.5, 0.6) is 0 Å². The number of nitrogens with one attached hydrogen (secondary N) is 2. The zero-order valence-corrected chi connectivity index (χ0v) is 15.0. The summed E-state index contributed by atoms with van der Waals surface area (Å²) in [7, 11) is 1.74. The molecule has 2 N–H and O–H groups in total. The molecule has 0 fully saturated rings. The highest BCUT2D eigenvalue weighted by Gasteiger charge is 2.11. The van der Waals surface area contributed by atoms with Gasteiger partial charge < -0.3 is 10.3 Å². The lowest BCUT2D eigenvalue weighted by Crippen LogP contribution is -2.15. The average Bonchev–Trinajstić information content (AvgIpc) is 3.30. The molecule has 4 rings (SSSR count). The minimum absolute atomic E-state index is 0.197. The van der Waals surface area contributed by atoms with Crippen molar-refractivity contribution < 1.29 is 4.79 Å². The van der Waals surface area contributed by atoms with E-state index < -0.39 is 0 Å². The number of imidazole rings is 1. The molecule has 0 atom stereocenters. The fourth-order valence-electron chi connectivity index (χ4n) is 2.61. The number of fused-ring (bicyclic) bond motifs is 1. The van der Waals surface area contributed by atoms with Gasteiger partial charge in [0.05, 0.1) is 11.0 Å². The molecule has 2 heterocycles. The number of aromatic nitrogens is 4. The van der Waals surface area contributed by atoms with Gasteiger partial charge in [-0.05, 0) is 24.3 Å². The molecule has 0 saturated carbocycles. The lowest BCUT2D eigenvalue weighted by molar-refractivity contribution is 0.101. The van der Waals surface area contributed by atoms with Crippen LogP contribution in [0.15, 0.2) is 60.8 Å². The fraction of sp³-hybridized carbons (Fsp3) is 0.150. The number of aromatic amines is 1. The molecule has 0 aliphatic carbocycles. The molecule has 0 aliphatic heterocycles. The second-order valence-corrected chi connectivity index (χ2v) is 5.48. The Morgan fingerprint density at radius 1 is 1.08 bits per heavy atom. The molecule has 0 saturated heterocycles. The Bertz CT molecular complexity index is 1020. The van der Waals surface area contributed by atoms with Gasteiger partial charge in [-0.15, -0.1) is 0 Å². The number of carbonyl (C=O) groups is 1. The second kappa shape index (κ2) is 7.65. The number of hydrogen-bond acceptors (Lipinski definition) is 3. The van der Waals surface area contributed by atoms with Crippen LogP contribution in [0.4, 0.5) is 5.69 Å². The molecule has 2 aromatic carbocycles. The molecule has 0 bridgehead atoms. The Morgan fingerprint density at radius 3 is 2.54 bits per heavy atom. The first-order valence-electron chi connectivity index (χ1n) is 8.55. The minimum atomic E-state index is -0.197. The monoisotopic (exact) mass is 347 g/mol. The number of benzene rings is 2. The van der Waals surface area contributed by atoms with Gasteiger partial charge in [0.2, 0.25) is 0 Å². The van der Waals surface area contributed by atoms with Gasteiger partial charge in [0.1, 0.15) is 11.5 Å². The predicted octanol–water partition coefficient (Wildman–Crippen LogP) is 4.24. The van der Waals surface area contributed by atoms with Crippen molar-refractivity contribution in [2.75, 3.05) is 5.32 Å². The molecule has 1 amide bonds. The van der Waals surface area contributed by atoms with Crippen LogP contribution in [-0.2, 0) is 7.05 Å². The maximum absolute atomic E-state index is 12.3. The Balaban J connectivity index is 0.000000948. The number of hydrogen-bond donors (Lipinski definition) is 2. The van der Waals surface area contributed by atoms with Gasteiger partial charge in [0.25, 0.3) is 5.91 Å². The maximum Gasteiger partial charge on any atom is 0.273 e. The molecule has 0 aliphatic rings. The van der Waals surface area contributed by atoms with Gasteiger partial charge in [0.15, 0.2) is 0 Å². The molecular formula is C20H21N5O. The average molecular weight is 347 g/mol. The Morgan fingerprint density at radius 2 is 1.85 bits per heavy atom. The predicted molar refractivity (Wildman–Crippen MR) is 104 cm³/mol. The molecule has 4 aromatic rings. The van der Waals surface area contributed by atoms with E-state index in [9.17, 15) is 4.79 Å². The summed E-state index contributed by atoms with van der Waals surface area (Å²) < 4.78 is 1.54. The molecule has 0 unspecified atom stereocenters. The van der Waals surface area contributed by atoms with Gasteiger partial charge in [-0.1, -0.05) is 44.2 Å². The van der Waals surface area contributed by atoms with Crippen molar-refractivity contribution in [2.45, 2.75) is 13.8 Å². The summed E-state index contributed by atoms with van der Waals surface area (Å²) in [5, 5.41) is 6.88. The van der Waals surface area contributed by atoms with E-state index in [1.807, 2.05) is 62.4 Å². The highest BCUT2D eigenvalue weighted by Crippen LogP contribution is 2.23. The third kappa shape index (κ3) is 3.49.